The molecule has 7 heteroatoms. The molecule has 19 heavy (non-hydrogen) atoms. The Morgan fingerprint density at radius 3 is 2.84 bits per heavy atom. The highest BCUT2D eigenvalue weighted by Gasteiger charge is 2.14. The maximum atomic E-state index is 5.68. The molecule has 0 aliphatic carbocycles. The molecule has 2 aromatic heterocycles. The van der Waals surface area contributed by atoms with Gasteiger partial charge < -0.3 is 9.73 Å². The predicted molar refractivity (Wildman–Crippen MR) is 84.5 cm³/mol. The second kappa shape index (κ2) is 7.52. The zero-order valence-corrected chi connectivity index (χ0v) is 14.6. The first-order valence-corrected chi connectivity index (χ1v) is 8.59. The highest BCUT2D eigenvalue weighted by atomic mass is 79.9. The maximum Gasteiger partial charge on any atom is 0.249 e. The number of hydrogen-bond acceptors (Lipinski definition) is 5. The Morgan fingerprint density at radius 1 is 1.32 bits per heavy atom. The van der Waals surface area contributed by atoms with Gasteiger partial charge in [0.05, 0.1) is 13.1 Å². The van der Waals surface area contributed by atoms with Crippen LogP contribution in [-0.4, -0.2) is 23.3 Å². The second-order valence-electron chi connectivity index (χ2n) is 4.09. The first-order valence-electron chi connectivity index (χ1n) is 6.19. The molecule has 0 amide bonds. The van der Waals surface area contributed by atoms with Crippen molar-refractivity contribution in [3.05, 3.63) is 19.5 Å². The first-order chi connectivity index (χ1) is 9.20. The number of halogens is 2. The maximum absolute atomic E-state index is 5.68. The highest BCUT2D eigenvalue weighted by molar-refractivity contribution is 9.12. The lowest BCUT2D eigenvalue weighted by Crippen LogP contribution is -2.16. The SMILES string of the molecule is CCCNCCCc1nnc(-c2cc(Br)sc2Br)o1. The van der Waals surface area contributed by atoms with E-state index in [1.807, 2.05) is 6.07 Å². The van der Waals surface area contributed by atoms with E-state index >= 15 is 0 Å². The van der Waals surface area contributed by atoms with Crippen molar-refractivity contribution in [3.8, 4) is 11.5 Å². The highest BCUT2D eigenvalue weighted by Crippen LogP contribution is 2.37. The number of aromatic nitrogens is 2. The van der Waals surface area contributed by atoms with Crippen molar-refractivity contribution < 1.29 is 4.42 Å². The zero-order valence-electron chi connectivity index (χ0n) is 10.6. The summed E-state index contributed by atoms with van der Waals surface area (Å²) < 4.78 is 7.72. The molecule has 0 aromatic carbocycles. The minimum atomic E-state index is 0.574. The molecule has 0 spiro atoms. The van der Waals surface area contributed by atoms with Crippen LogP contribution in [0.1, 0.15) is 25.7 Å². The van der Waals surface area contributed by atoms with Gasteiger partial charge >= 0.3 is 0 Å². The van der Waals surface area contributed by atoms with Gasteiger partial charge in [0, 0.05) is 6.42 Å². The summed E-state index contributed by atoms with van der Waals surface area (Å²) in [5, 5.41) is 11.5. The van der Waals surface area contributed by atoms with Crippen LogP contribution < -0.4 is 5.32 Å². The van der Waals surface area contributed by atoms with Gasteiger partial charge in [0.2, 0.25) is 11.8 Å². The van der Waals surface area contributed by atoms with Crippen LogP contribution in [-0.2, 0) is 6.42 Å². The van der Waals surface area contributed by atoms with Gasteiger partial charge in [-0.25, -0.2) is 0 Å². The van der Waals surface area contributed by atoms with Gasteiger partial charge in [-0.15, -0.1) is 21.5 Å². The van der Waals surface area contributed by atoms with Crippen molar-refractivity contribution >= 4 is 43.2 Å². The molecule has 2 aromatic rings. The standard InChI is InChI=1S/C12H15Br2N3OS/c1-2-5-15-6-3-4-10-16-17-12(18-10)8-7-9(13)19-11(8)14/h7,15H,2-6H2,1H3. The Bertz CT molecular complexity index is 527. The third-order valence-corrected chi connectivity index (χ3v) is 4.86. The van der Waals surface area contributed by atoms with Gasteiger partial charge in [-0.2, -0.15) is 0 Å². The van der Waals surface area contributed by atoms with Gasteiger partial charge in [-0.05, 0) is 63.9 Å². The molecule has 0 aliphatic heterocycles. The van der Waals surface area contributed by atoms with Crippen LogP contribution >= 0.6 is 43.2 Å². The first kappa shape index (κ1) is 15.2. The molecule has 2 heterocycles. The summed E-state index contributed by atoms with van der Waals surface area (Å²) in [5.41, 5.74) is 0.944. The predicted octanol–water partition coefficient (Wildman–Crippen LogP) is 4.26. The van der Waals surface area contributed by atoms with E-state index in [1.165, 1.54) is 0 Å². The lowest BCUT2D eigenvalue weighted by Gasteiger charge is -1.99. The van der Waals surface area contributed by atoms with E-state index in [1.54, 1.807) is 11.3 Å². The van der Waals surface area contributed by atoms with Crippen LogP contribution in [0.3, 0.4) is 0 Å². The van der Waals surface area contributed by atoms with Crippen molar-refractivity contribution in [2.24, 2.45) is 0 Å². The quantitative estimate of drug-likeness (QED) is 0.695. The molecule has 0 aliphatic rings. The van der Waals surface area contributed by atoms with Crippen LogP contribution in [0.2, 0.25) is 0 Å². The van der Waals surface area contributed by atoms with Crippen molar-refractivity contribution in [3.63, 3.8) is 0 Å². The molecule has 1 N–H and O–H groups in total. The number of thiophene rings is 1. The molecule has 0 fully saturated rings. The van der Waals surface area contributed by atoms with Crippen LogP contribution in [0.5, 0.6) is 0 Å². The molecule has 2 rings (SSSR count). The van der Waals surface area contributed by atoms with Gasteiger partial charge in [0.1, 0.15) is 0 Å². The van der Waals surface area contributed by atoms with Crippen molar-refractivity contribution in [1.82, 2.24) is 15.5 Å². The van der Waals surface area contributed by atoms with Crippen LogP contribution in [0.25, 0.3) is 11.5 Å². The van der Waals surface area contributed by atoms with Crippen molar-refractivity contribution in [2.45, 2.75) is 26.2 Å². The smallest absolute Gasteiger partial charge is 0.249 e. The van der Waals surface area contributed by atoms with E-state index in [9.17, 15) is 0 Å². The fourth-order valence-electron chi connectivity index (χ4n) is 1.62. The molecule has 0 radical (unpaired) electrons. The summed E-state index contributed by atoms with van der Waals surface area (Å²) in [4.78, 5) is 0. The molecule has 0 bridgehead atoms. The summed E-state index contributed by atoms with van der Waals surface area (Å²) in [6.07, 6.45) is 2.98. The molecule has 0 saturated heterocycles. The largest absolute Gasteiger partial charge is 0.421 e. The minimum absolute atomic E-state index is 0.574. The molecule has 0 unspecified atom stereocenters. The number of hydrogen-bond donors (Lipinski definition) is 1. The summed E-state index contributed by atoms with van der Waals surface area (Å²) in [6, 6.07) is 1.98. The number of rotatable bonds is 7. The summed E-state index contributed by atoms with van der Waals surface area (Å²) >= 11 is 8.53. The van der Waals surface area contributed by atoms with E-state index in [4.69, 9.17) is 4.42 Å². The monoisotopic (exact) mass is 407 g/mol. The van der Waals surface area contributed by atoms with Crippen molar-refractivity contribution in [1.29, 1.82) is 0 Å². The number of nitrogens with one attached hydrogen (secondary N) is 1. The number of nitrogens with zero attached hydrogens (tertiary/aromatic N) is 2. The number of aryl methyl sites for hydroxylation is 1. The lowest BCUT2D eigenvalue weighted by atomic mass is 10.3. The molecule has 0 atom stereocenters. The van der Waals surface area contributed by atoms with E-state index in [-0.39, 0.29) is 0 Å². The van der Waals surface area contributed by atoms with Gasteiger partial charge in [0.25, 0.3) is 0 Å². The topological polar surface area (TPSA) is 51.0 Å². The fraction of sp³-hybridized carbons (Fsp3) is 0.500. The van der Waals surface area contributed by atoms with Gasteiger partial charge in [0.15, 0.2) is 0 Å². The average Bonchev–Trinajstić information content (AvgIpc) is 2.95. The Hall–Kier alpha value is -0.240. The zero-order chi connectivity index (χ0) is 13.7. The van der Waals surface area contributed by atoms with Crippen LogP contribution in [0, 0.1) is 0 Å². The molecule has 4 nitrogen and oxygen atoms in total. The molecule has 104 valence electrons. The van der Waals surface area contributed by atoms with Crippen LogP contribution in [0.15, 0.2) is 18.1 Å². The van der Waals surface area contributed by atoms with Gasteiger partial charge in [-0.1, -0.05) is 6.92 Å². The van der Waals surface area contributed by atoms with E-state index in [0.717, 1.165) is 45.5 Å². The van der Waals surface area contributed by atoms with Crippen molar-refractivity contribution in [2.75, 3.05) is 13.1 Å². The molecular formula is C12H15Br2N3OS. The second-order valence-corrected chi connectivity index (χ2v) is 7.84. The average molecular weight is 409 g/mol. The minimum Gasteiger partial charge on any atom is -0.421 e. The normalized spacial score (nSPS) is 11.1. The summed E-state index contributed by atoms with van der Waals surface area (Å²) in [7, 11) is 0. The Labute approximate surface area is 133 Å². The van der Waals surface area contributed by atoms with E-state index in [0.29, 0.717) is 11.8 Å². The van der Waals surface area contributed by atoms with E-state index in [2.05, 4.69) is 54.3 Å². The third-order valence-electron chi connectivity index (χ3n) is 2.52. The molecule has 0 saturated carbocycles. The Balaban J connectivity index is 1.90. The molecular weight excluding hydrogens is 394 g/mol. The van der Waals surface area contributed by atoms with Gasteiger partial charge in [-0.3, -0.25) is 0 Å². The Kier molecular flexibility index (Phi) is 6.00. The third kappa shape index (κ3) is 4.37. The lowest BCUT2D eigenvalue weighted by molar-refractivity contribution is 0.491. The fourth-order valence-corrected chi connectivity index (χ4v) is 4.39. The van der Waals surface area contributed by atoms with Crippen LogP contribution in [0.4, 0.5) is 0 Å². The van der Waals surface area contributed by atoms with E-state index < -0.39 is 0 Å². The summed E-state index contributed by atoms with van der Waals surface area (Å²) in [6.45, 7) is 4.21. The Morgan fingerprint density at radius 2 is 2.16 bits per heavy atom. The summed E-state index contributed by atoms with van der Waals surface area (Å²) in [5.74, 6) is 1.27.